The van der Waals surface area contributed by atoms with E-state index in [-0.39, 0.29) is 35.8 Å². The summed E-state index contributed by atoms with van der Waals surface area (Å²) < 4.78 is 5.82. The number of aryl methyl sites for hydroxylation is 2. The Bertz CT molecular complexity index is 704. The number of nitrogens with one attached hydrogen (secondary N) is 1. The average molecular weight is 374 g/mol. The van der Waals surface area contributed by atoms with Crippen LogP contribution in [0.15, 0.2) is 12.1 Å². The number of hydrogen-bond donors (Lipinski definition) is 2. The van der Waals surface area contributed by atoms with Crippen molar-refractivity contribution in [3.05, 3.63) is 28.8 Å². The van der Waals surface area contributed by atoms with E-state index in [4.69, 9.17) is 4.74 Å². The first-order chi connectivity index (χ1) is 12.8. The summed E-state index contributed by atoms with van der Waals surface area (Å²) in [6, 6.07) is 3.38. The lowest BCUT2D eigenvalue weighted by Gasteiger charge is -2.38. The van der Waals surface area contributed by atoms with Gasteiger partial charge < -0.3 is 20.1 Å². The Morgan fingerprint density at radius 1 is 1.26 bits per heavy atom. The molecule has 1 atom stereocenters. The molecule has 2 fully saturated rings. The number of carbonyl (C=O) groups is 2. The lowest BCUT2D eigenvalue weighted by atomic mass is 9.82. The van der Waals surface area contributed by atoms with Crippen LogP contribution in [-0.2, 0) is 9.53 Å². The van der Waals surface area contributed by atoms with Gasteiger partial charge in [0.05, 0.1) is 5.60 Å². The van der Waals surface area contributed by atoms with E-state index in [9.17, 15) is 14.7 Å². The normalized spacial score (nSPS) is 21.0. The number of benzene rings is 1. The quantitative estimate of drug-likeness (QED) is 0.802. The summed E-state index contributed by atoms with van der Waals surface area (Å²) in [5.41, 5.74) is 1.76. The Morgan fingerprint density at radius 2 is 1.93 bits per heavy atom. The number of amides is 2. The maximum atomic E-state index is 12.5. The standard InChI is InChI=1S/C21H30N2O4/c1-14-10-16(11-15(2)19(14)25)20(26)22-12-17-6-4-9-23(17)18(24)13-27-21(3)7-5-8-21/h10-11,17,25H,4-9,12-13H2,1-3H3,(H,22,26). The SMILES string of the molecule is Cc1cc(C(=O)NCC2CCCN2C(=O)COC2(C)CCC2)cc(C)c1O. The van der Waals surface area contributed by atoms with Crippen LogP contribution in [-0.4, -0.2) is 53.2 Å². The van der Waals surface area contributed by atoms with E-state index in [0.29, 0.717) is 23.2 Å². The number of ether oxygens (including phenoxy) is 1. The predicted octanol–water partition coefficient (Wildman–Crippen LogP) is 2.69. The van der Waals surface area contributed by atoms with Crippen molar-refractivity contribution in [1.29, 1.82) is 0 Å². The molecule has 6 nitrogen and oxygen atoms in total. The second-order valence-corrected chi connectivity index (χ2v) is 8.14. The second-order valence-electron chi connectivity index (χ2n) is 8.14. The molecule has 6 heteroatoms. The van der Waals surface area contributed by atoms with Gasteiger partial charge in [-0.15, -0.1) is 0 Å². The Balaban J connectivity index is 1.53. The Kier molecular flexibility index (Phi) is 5.75. The van der Waals surface area contributed by atoms with Crippen molar-refractivity contribution in [2.45, 2.75) is 64.5 Å². The van der Waals surface area contributed by atoms with Gasteiger partial charge in [-0.05, 0) is 76.1 Å². The van der Waals surface area contributed by atoms with Crippen molar-refractivity contribution in [2.75, 3.05) is 19.7 Å². The fourth-order valence-corrected chi connectivity index (χ4v) is 3.91. The monoisotopic (exact) mass is 374 g/mol. The largest absolute Gasteiger partial charge is 0.507 e. The molecular formula is C21H30N2O4. The second kappa shape index (κ2) is 7.89. The maximum Gasteiger partial charge on any atom is 0.251 e. The van der Waals surface area contributed by atoms with Crippen molar-refractivity contribution >= 4 is 11.8 Å². The zero-order valence-corrected chi connectivity index (χ0v) is 16.5. The molecular weight excluding hydrogens is 344 g/mol. The number of nitrogens with zero attached hydrogens (tertiary/aromatic N) is 1. The lowest BCUT2D eigenvalue weighted by Crippen LogP contribution is -2.46. The molecule has 27 heavy (non-hydrogen) atoms. The van der Waals surface area contributed by atoms with E-state index in [2.05, 4.69) is 12.2 Å². The van der Waals surface area contributed by atoms with Crippen molar-refractivity contribution in [3.63, 3.8) is 0 Å². The van der Waals surface area contributed by atoms with Crippen molar-refractivity contribution in [2.24, 2.45) is 0 Å². The van der Waals surface area contributed by atoms with E-state index in [1.807, 2.05) is 4.90 Å². The lowest BCUT2D eigenvalue weighted by molar-refractivity contribution is -0.149. The van der Waals surface area contributed by atoms with Crippen LogP contribution in [0, 0.1) is 13.8 Å². The van der Waals surface area contributed by atoms with E-state index in [1.165, 1.54) is 6.42 Å². The molecule has 1 aromatic carbocycles. The van der Waals surface area contributed by atoms with Gasteiger partial charge in [0.15, 0.2) is 0 Å². The molecule has 0 aromatic heterocycles. The minimum absolute atomic E-state index is 0.0104. The molecule has 1 aliphatic carbocycles. The summed E-state index contributed by atoms with van der Waals surface area (Å²) >= 11 is 0. The number of phenolic OH excluding ortho intramolecular Hbond substituents is 1. The van der Waals surface area contributed by atoms with Gasteiger partial charge in [-0.2, -0.15) is 0 Å². The van der Waals surface area contributed by atoms with Gasteiger partial charge >= 0.3 is 0 Å². The summed E-state index contributed by atoms with van der Waals surface area (Å²) in [5.74, 6) is 0.0502. The molecule has 0 bridgehead atoms. The Hall–Kier alpha value is -2.08. The maximum absolute atomic E-state index is 12.5. The number of rotatable bonds is 6. The zero-order valence-electron chi connectivity index (χ0n) is 16.5. The highest BCUT2D eigenvalue weighted by Crippen LogP contribution is 2.34. The first-order valence-corrected chi connectivity index (χ1v) is 9.81. The van der Waals surface area contributed by atoms with E-state index >= 15 is 0 Å². The molecule has 2 aliphatic rings. The number of likely N-dealkylation sites (tertiary alicyclic amines) is 1. The molecule has 148 valence electrons. The highest BCUT2D eigenvalue weighted by molar-refractivity contribution is 5.95. The predicted molar refractivity (Wildman–Crippen MR) is 103 cm³/mol. The Morgan fingerprint density at radius 3 is 2.52 bits per heavy atom. The van der Waals surface area contributed by atoms with Gasteiger partial charge in [0, 0.05) is 24.7 Å². The zero-order chi connectivity index (χ0) is 19.6. The molecule has 1 aromatic rings. The molecule has 1 saturated carbocycles. The first kappa shape index (κ1) is 19.7. The third kappa shape index (κ3) is 4.43. The average Bonchev–Trinajstić information content (AvgIpc) is 3.08. The van der Waals surface area contributed by atoms with Gasteiger partial charge in [0.1, 0.15) is 12.4 Å². The fraction of sp³-hybridized carbons (Fsp3) is 0.619. The summed E-state index contributed by atoms with van der Waals surface area (Å²) in [6.07, 6.45) is 5.04. The minimum atomic E-state index is -0.182. The number of carbonyl (C=O) groups excluding carboxylic acids is 2. The Labute approximate surface area is 160 Å². The third-order valence-corrected chi connectivity index (χ3v) is 5.90. The first-order valence-electron chi connectivity index (χ1n) is 9.81. The smallest absolute Gasteiger partial charge is 0.251 e. The van der Waals surface area contributed by atoms with Gasteiger partial charge in [-0.3, -0.25) is 9.59 Å². The summed E-state index contributed by atoms with van der Waals surface area (Å²) in [4.78, 5) is 26.9. The highest BCUT2D eigenvalue weighted by atomic mass is 16.5. The van der Waals surface area contributed by atoms with Gasteiger partial charge in [-0.25, -0.2) is 0 Å². The highest BCUT2D eigenvalue weighted by Gasteiger charge is 2.35. The van der Waals surface area contributed by atoms with E-state index in [0.717, 1.165) is 32.2 Å². The van der Waals surface area contributed by atoms with Crippen LogP contribution in [0.4, 0.5) is 0 Å². The third-order valence-electron chi connectivity index (χ3n) is 5.90. The van der Waals surface area contributed by atoms with Crippen LogP contribution in [0.25, 0.3) is 0 Å². The van der Waals surface area contributed by atoms with Gasteiger partial charge in [0.25, 0.3) is 5.91 Å². The molecule has 2 amide bonds. The van der Waals surface area contributed by atoms with Crippen LogP contribution >= 0.6 is 0 Å². The van der Waals surface area contributed by atoms with Crippen molar-refractivity contribution in [3.8, 4) is 5.75 Å². The number of phenols is 1. The van der Waals surface area contributed by atoms with Crippen LogP contribution in [0.2, 0.25) is 0 Å². The topological polar surface area (TPSA) is 78.9 Å². The molecule has 1 heterocycles. The summed E-state index contributed by atoms with van der Waals surface area (Å²) in [5, 5.41) is 12.8. The van der Waals surface area contributed by atoms with E-state index < -0.39 is 0 Å². The molecule has 1 saturated heterocycles. The molecule has 1 unspecified atom stereocenters. The van der Waals surface area contributed by atoms with Crippen LogP contribution in [0.3, 0.4) is 0 Å². The molecule has 0 spiro atoms. The number of hydrogen-bond acceptors (Lipinski definition) is 4. The summed E-state index contributed by atoms with van der Waals surface area (Å²) in [6.45, 7) is 6.89. The van der Waals surface area contributed by atoms with Crippen LogP contribution in [0.1, 0.15) is 60.5 Å². The van der Waals surface area contributed by atoms with Crippen molar-refractivity contribution < 1.29 is 19.4 Å². The molecule has 1 aliphatic heterocycles. The molecule has 0 radical (unpaired) electrons. The molecule has 2 N–H and O–H groups in total. The van der Waals surface area contributed by atoms with E-state index in [1.54, 1.807) is 26.0 Å². The van der Waals surface area contributed by atoms with Crippen molar-refractivity contribution in [1.82, 2.24) is 10.2 Å². The van der Waals surface area contributed by atoms with Crippen LogP contribution < -0.4 is 5.32 Å². The number of aromatic hydroxyl groups is 1. The van der Waals surface area contributed by atoms with Gasteiger partial charge in [-0.1, -0.05) is 0 Å². The van der Waals surface area contributed by atoms with Gasteiger partial charge in [0.2, 0.25) is 5.91 Å². The molecule has 3 rings (SSSR count). The van der Waals surface area contributed by atoms with Crippen LogP contribution in [0.5, 0.6) is 5.75 Å². The summed E-state index contributed by atoms with van der Waals surface area (Å²) in [7, 11) is 0. The minimum Gasteiger partial charge on any atom is -0.507 e. The fourth-order valence-electron chi connectivity index (χ4n) is 3.91.